The molecule has 162 valence electrons. The highest BCUT2D eigenvalue weighted by Crippen LogP contribution is 2.25. The monoisotopic (exact) mass is 445 g/mol. The van der Waals surface area contributed by atoms with Gasteiger partial charge in [0, 0.05) is 17.1 Å². The molecule has 1 aromatic heterocycles. The molecule has 3 aromatic carbocycles. The summed E-state index contributed by atoms with van der Waals surface area (Å²) in [5.41, 5.74) is 2.70. The van der Waals surface area contributed by atoms with E-state index < -0.39 is 6.04 Å². The Bertz CT molecular complexity index is 1350. The molecule has 0 N–H and O–H groups in total. The minimum atomic E-state index is -0.454. The molecule has 1 amide bonds. The van der Waals surface area contributed by atoms with Crippen molar-refractivity contribution in [1.29, 1.82) is 0 Å². The first-order valence-electron chi connectivity index (χ1n) is 10.6. The summed E-state index contributed by atoms with van der Waals surface area (Å²) in [4.78, 5) is 33.4. The molecule has 6 heteroatoms. The summed E-state index contributed by atoms with van der Waals surface area (Å²) in [6, 6.07) is 21.4. The Kier molecular flexibility index (Phi) is 6.10. The number of rotatable bonds is 5. The Labute approximate surface area is 191 Å². The van der Waals surface area contributed by atoms with E-state index in [0.717, 1.165) is 5.56 Å². The highest BCUT2D eigenvalue weighted by molar-refractivity contribution is 6.30. The second-order valence-electron chi connectivity index (χ2n) is 7.74. The van der Waals surface area contributed by atoms with Gasteiger partial charge in [-0.3, -0.25) is 14.2 Å². The third-order valence-electron chi connectivity index (χ3n) is 5.61. The Hall–Kier alpha value is -3.44. The van der Waals surface area contributed by atoms with Gasteiger partial charge in [0.2, 0.25) is 0 Å². The van der Waals surface area contributed by atoms with Gasteiger partial charge in [-0.25, -0.2) is 4.98 Å². The van der Waals surface area contributed by atoms with Gasteiger partial charge in [-0.1, -0.05) is 47.5 Å². The third-order valence-corrected chi connectivity index (χ3v) is 5.84. The molecule has 0 saturated carbocycles. The lowest BCUT2D eigenvalue weighted by Crippen LogP contribution is -2.37. The van der Waals surface area contributed by atoms with E-state index in [1.165, 1.54) is 0 Å². The van der Waals surface area contributed by atoms with Gasteiger partial charge in [0.1, 0.15) is 5.82 Å². The normalized spacial score (nSPS) is 12.0. The van der Waals surface area contributed by atoms with Gasteiger partial charge in [0.25, 0.3) is 11.5 Å². The van der Waals surface area contributed by atoms with Crippen molar-refractivity contribution in [3.63, 3.8) is 0 Å². The predicted molar refractivity (Wildman–Crippen MR) is 129 cm³/mol. The fourth-order valence-corrected chi connectivity index (χ4v) is 4.07. The number of para-hydroxylation sites is 1. The molecule has 0 radical (unpaired) electrons. The summed E-state index contributed by atoms with van der Waals surface area (Å²) in [6.45, 7) is 6.27. The maximum Gasteiger partial charge on any atom is 0.266 e. The molecule has 0 fully saturated rings. The summed E-state index contributed by atoms with van der Waals surface area (Å²) in [7, 11) is 0. The van der Waals surface area contributed by atoms with Crippen LogP contribution in [0.15, 0.2) is 77.6 Å². The van der Waals surface area contributed by atoms with Gasteiger partial charge in [-0.05, 0) is 63.2 Å². The van der Waals surface area contributed by atoms with Crippen LogP contribution in [0.3, 0.4) is 0 Å². The molecule has 4 aromatic rings. The lowest BCUT2D eigenvalue weighted by Gasteiger charge is -2.29. The first-order chi connectivity index (χ1) is 15.4. The summed E-state index contributed by atoms with van der Waals surface area (Å²) < 4.78 is 1.56. The SMILES string of the molecule is CCN(C(=O)c1ccc(C)cc1)C(C)c1nc2ccccc2c(=O)n1-c1cccc(Cl)c1. The maximum atomic E-state index is 13.5. The molecule has 0 aliphatic rings. The fourth-order valence-electron chi connectivity index (χ4n) is 3.89. The third kappa shape index (κ3) is 4.04. The van der Waals surface area contributed by atoms with Crippen LogP contribution < -0.4 is 5.56 Å². The van der Waals surface area contributed by atoms with Crippen molar-refractivity contribution in [2.24, 2.45) is 0 Å². The lowest BCUT2D eigenvalue weighted by molar-refractivity contribution is 0.0693. The number of carbonyl (C=O) groups excluding carboxylic acids is 1. The molecule has 4 rings (SSSR count). The molecule has 0 aliphatic heterocycles. The first kappa shape index (κ1) is 21.8. The molecular weight excluding hydrogens is 422 g/mol. The second kappa shape index (κ2) is 8.97. The number of aromatic nitrogens is 2. The summed E-state index contributed by atoms with van der Waals surface area (Å²) >= 11 is 6.23. The lowest BCUT2D eigenvalue weighted by atomic mass is 10.1. The predicted octanol–water partition coefficient (Wildman–Crippen LogP) is 5.57. The number of hydrogen-bond acceptors (Lipinski definition) is 3. The molecule has 5 nitrogen and oxygen atoms in total. The Morgan fingerprint density at radius 3 is 2.47 bits per heavy atom. The Morgan fingerprint density at radius 1 is 1.06 bits per heavy atom. The van der Waals surface area contributed by atoms with E-state index >= 15 is 0 Å². The topological polar surface area (TPSA) is 55.2 Å². The van der Waals surface area contributed by atoms with Gasteiger partial charge in [-0.15, -0.1) is 0 Å². The molecule has 1 unspecified atom stereocenters. The van der Waals surface area contributed by atoms with Crippen LogP contribution in [0.4, 0.5) is 0 Å². The second-order valence-corrected chi connectivity index (χ2v) is 8.18. The maximum absolute atomic E-state index is 13.5. The minimum Gasteiger partial charge on any atom is -0.329 e. The molecule has 1 heterocycles. The van der Waals surface area contributed by atoms with Crippen LogP contribution in [0.2, 0.25) is 5.02 Å². The molecule has 0 aliphatic carbocycles. The number of benzene rings is 3. The van der Waals surface area contributed by atoms with E-state index in [1.54, 1.807) is 33.7 Å². The number of fused-ring (bicyclic) bond motifs is 1. The Balaban J connectivity index is 1.90. The van der Waals surface area contributed by atoms with Gasteiger partial charge < -0.3 is 4.90 Å². The molecule has 32 heavy (non-hydrogen) atoms. The largest absolute Gasteiger partial charge is 0.329 e. The molecule has 1 atom stereocenters. The van der Waals surface area contributed by atoms with E-state index in [4.69, 9.17) is 16.6 Å². The summed E-state index contributed by atoms with van der Waals surface area (Å²) in [6.07, 6.45) is 0. The van der Waals surface area contributed by atoms with Crippen molar-refractivity contribution in [3.05, 3.63) is 105 Å². The van der Waals surface area contributed by atoms with Crippen LogP contribution in [-0.2, 0) is 0 Å². The molecule has 0 bridgehead atoms. The Morgan fingerprint density at radius 2 is 1.78 bits per heavy atom. The van der Waals surface area contributed by atoms with Crippen LogP contribution in [0.25, 0.3) is 16.6 Å². The molecule has 0 saturated heterocycles. The van der Waals surface area contributed by atoms with E-state index in [0.29, 0.717) is 39.5 Å². The number of carbonyl (C=O) groups is 1. The van der Waals surface area contributed by atoms with E-state index in [2.05, 4.69) is 0 Å². The van der Waals surface area contributed by atoms with Crippen molar-refractivity contribution in [3.8, 4) is 5.69 Å². The number of aryl methyl sites for hydroxylation is 1. The highest BCUT2D eigenvalue weighted by Gasteiger charge is 2.26. The fraction of sp³-hybridized carbons (Fsp3) is 0.192. The van der Waals surface area contributed by atoms with E-state index in [1.807, 2.05) is 69.3 Å². The van der Waals surface area contributed by atoms with Crippen molar-refractivity contribution in [2.75, 3.05) is 6.54 Å². The number of halogens is 1. The standard InChI is InChI=1S/C26H24ClN3O2/c1-4-29(25(31)19-14-12-17(2)13-15-19)18(3)24-28-23-11-6-5-10-22(23)26(32)30(24)21-9-7-8-20(27)16-21/h5-16,18H,4H2,1-3H3. The van der Waals surface area contributed by atoms with E-state index in [9.17, 15) is 9.59 Å². The summed E-state index contributed by atoms with van der Waals surface area (Å²) in [5.74, 6) is 0.373. The molecular formula is C26H24ClN3O2. The van der Waals surface area contributed by atoms with E-state index in [-0.39, 0.29) is 11.5 Å². The van der Waals surface area contributed by atoms with Crippen LogP contribution in [0, 0.1) is 6.92 Å². The average Bonchev–Trinajstić information content (AvgIpc) is 2.79. The van der Waals surface area contributed by atoms with Crippen LogP contribution in [0.5, 0.6) is 0 Å². The number of hydrogen-bond donors (Lipinski definition) is 0. The zero-order chi connectivity index (χ0) is 22.8. The zero-order valence-electron chi connectivity index (χ0n) is 18.2. The number of nitrogens with zero attached hydrogens (tertiary/aromatic N) is 3. The number of amides is 1. The van der Waals surface area contributed by atoms with Crippen molar-refractivity contribution in [1.82, 2.24) is 14.5 Å². The average molecular weight is 446 g/mol. The highest BCUT2D eigenvalue weighted by atomic mass is 35.5. The van der Waals surface area contributed by atoms with Gasteiger partial charge in [0.15, 0.2) is 0 Å². The first-order valence-corrected chi connectivity index (χ1v) is 10.9. The van der Waals surface area contributed by atoms with Gasteiger partial charge >= 0.3 is 0 Å². The van der Waals surface area contributed by atoms with Crippen molar-refractivity contribution < 1.29 is 4.79 Å². The van der Waals surface area contributed by atoms with Crippen LogP contribution >= 0.6 is 11.6 Å². The van der Waals surface area contributed by atoms with Crippen molar-refractivity contribution in [2.45, 2.75) is 26.8 Å². The smallest absolute Gasteiger partial charge is 0.266 e. The van der Waals surface area contributed by atoms with Crippen molar-refractivity contribution >= 4 is 28.4 Å². The molecule has 0 spiro atoms. The minimum absolute atomic E-state index is 0.111. The van der Waals surface area contributed by atoms with Gasteiger partial charge in [-0.2, -0.15) is 0 Å². The van der Waals surface area contributed by atoms with Crippen LogP contribution in [0.1, 0.15) is 41.6 Å². The van der Waals surface area contributed by atoms with Gasteiger partial charge in [0.05, 0.1) is 22.6 Å². The zero-order valence-corrected chi connectivity index (χ0v) is 19.0. The summed E-state index contributed by atoms with van der Waals surface area (Å²) in [5, 5.41) is 1.03. The van der Waals surface area contributed by atoms with Crippen LogP contribution in [-0.4, -0.2) is 26.9 Å². The quantitative estimate of drug-likeness (QED) is 0.403.